The second-order valence-corrected chi connectivity index (χ2v) is 6.25. The van der Waals surface area contributed by atoms with Crippen molar-refractivity contribution in [2.75, 3.05) is 16.3 Å². The van der Waals surface area contributed by atoms with Gasteiger partial charge in [0.1, 0.15) is 0 Å². The standard InChI is InChI=1S/C20H22N2O2/c1-4-21(17-10-7-8-14(2)12-17)19(23)20(24)22-15(3)13-16-9-5-6-11-18(16)22/h5-12,15H,4,13H2,1-3H3. The van der Waals surface area contributed by atoms with Crippen molar-refractivity contribution < 1.29 is 9.59 Å². The molecule has 2 aromatic rings. The number of likely N-dealkylation sites (N-methyl/N-ethyl adjacent to an activating group) is 1. The first-order valence-corrected chi connectivity index (χ1v) is 8.32. The molecule has 0 bridgehead atoms. The van der Waals surface area contributed by atoms with Gasteiger partial charge in [-0.3, -0.25) is 9.59 Å². The van der Waals surface area contributed by atoms with Crippen LogP contribution in [-0.2, 0) is 16.0 Å². The maximum Gasteiger partial charge on any atom is 0.317 e. The average Bonchev–Trinajstić information content (AvgIpc) is 2.90. The summed E-state index contributed by atoms with van der Waals surface area (Å²) in [5.74, 6) is -0.942. The van der Waals surface area contributed by atoms with Gasteiger partial charge in [-0.1, -0.05) is 30.3 Å². The third-order valence-electron chi connectivity index (χ3n) is 4.48. The molecule has 0 spiro atoms. The number of carbonyl (C=O) groups excluding carboxylic acids is 2. The number of rotatable bonds is 2. The molecule has 24 heavy (non-hydrogen) atoms. The van der Waals surface area contributed by atoms with Gasteiger partial charge < -0.3 is 9.80 Å². The lowest BCUT2D eigenvalue weighted by Gasteiger charge is -2.26. The predicted molar refractivity (Wildman–Crippen MR) is 96.3 cm³/mol. The Morgan fingerprint density at radius 1 is 1.17 bits per heavy atom. The zero-order valence-corrected chi connectivity index (χ0v) is 14.3. The van der Waals surface area contributed by atoms with Gasteiger partial charge in [0.05, 0.1) is 0 Å². The molecule has 4 heteroatoms. The highest BCUT2D eigenvalue weighted by Crippen LogP contribution is 2.32. The maximum atomic E-state index is 12.9. The first kappa shape index (κ1) is 16.2. The zero-order chi connectivity index (χ0) is 17.3. The van der Waals surface area contributed by atoms with Crippen LogP contribution < -0.4 is 9.80 Å². The third kappa shape index (κ3) is 2.80. The quantitative estimate of drug-likeness (QED) is 0.796. The lowest BCUT2D eigenvalue weighted by atomic mass is 10.1. The van der Waals surface area contributed by atoms with Gasteiger partial charge in [0, 0.05) is 24.0 Å². The van der Waals surface area contributed by atoms with Crippen LogP contribution in [0.1, 0.15) is 25.0 Å². The summed E-state index contributed by atoms with van der Waals surface area (Å²) in [6.07, 6.45) is 0.783. The summed E-state index contributed by atoms with van der Waals surface area (Å²) in [7, 11) is 0. The summed E-state index contributed by atoms with van der Waals surface area (Å²) in [5.41, 5.74) is 3.79. The smallest absolute Gasteiger partial charge is 0.304 e. The van der Waals surface area contributed by atoms with E-state index < -0.39 is 11.8 Å². The van der Waals surface area contributed by atoms with Crippen molar-refractivity contribution in [2.45, 2.75) is 33.2 Å². The van der Waals surface area contributed by atoms with Crippen molar-refractivity contribution in [3.63, 3.8) is 0 Å². The lowest BCUT2D eigenvalue weighted by molar-refractivity contribution is -0.136. The van der Waals surface area contributed by atoms with Gasteiger partial charge in [0.15, 0.2) is 0 Å². The number of carbonyl (C=O) groups is 2. The van der Waals surface area contributed by atoms with E-state index in [4.69, 9.17) is 0 Å². The van der Waals surface area contributed by atoms with Gasteiger partial charge in [0.2, 0.25) is 0 Å². The van der Waals surface area contributed by atoms with E-state index in [0.29, 0.717) is 6.54 Å². The number of para-hydroxylation sites is 1. The van der Waals surface area contributed by atoms with E-state index in [1.165, 1.54) is 0 Å². The van der Waals surface area contributed by atoms with Crippen LogP contribution in [-0.4, -0.2) is 24.4 Å². The van der Waals surface area contributed by atoms with Crippen LogP contribution in [0.15, 0.2) is 48.5 Å². The van der Waals surface area contributed by atoms with Gasteiger partial charge in [-0.15, -0.1) is 0 Å². The Labute approximate surface area is 142 Å². The number of hydrogen-bond donors (Lipinski definition) is 0. The van der Waals surface area contributed by atoms with E-state index in [2.05, 4.69) is 0 Å². The van der Waals surface area contributed by atoms with Crippen LogP contribution in [0.25, 0.3) is 0 Å². The summed E-state index contributed by atoms with van der Waals surface area (Å²) in [6.45, 7) is 6.29. The van der Waals surface area contributed by atoms with Crippen molar-refractivity contribution in [3.05, 3.63) is 59.7 Å². The van der Waals surface area contributed by atoms with E-state index in [0.717, 1.165) is 28.9 Å². The van der Waals surface area contributed by atoms with Crippen molar-refractivity contribution in [1.29, 1.82) is 0 Å². The van der Waals surface area contributed by atoms with Crippen LogP contribution in [0.2, 0.25) is 0 Å². The number of anilines is 2. The van der Waals surface area contributed by atoms with E-state index in [1.54, 1.807) is 9.80 Å². The van der Waals surface area contributed by atoms with Crippen molar-refractivity contribution in [2.24, 2.45) is 0 Å². The molecule has 4 nitrogen and oxygen atoms in total. The Hall–Kier alpha value is -2.62. The van der Waals surface area contributed by atoms with E-state index in [-0.39, 0.29) is 6.04 Å². The second-order valence-electron chi connectivity index (χ2n) is 6.25. The molecule has 0 saturated heterocycles. The SMILES string of the molecule is CCN(C(=O)C(=O)N1c2ccccc2CC1C)c1cccc(C)c1. The molecular weight excluding hydrogens is 300 g/mol. The number of nitrogens with zero attached hydrogens (tertiary/aromatic N) is 2. The molecule has 0 N–H and O–H groups in total. The number of benzene rings is 2. The van der Waals surface area contributed by atoms with Crippen LogP contribution in [0.5, 0.6) is 0 Å². The lowest BCUT2D eigenvalue weighted by Crippen LogP contribution is -2.47. The third-order valence-corrected chi connectivity index (χ3v) is 4.48. The fourth-order valence-corrected chi connectivity index (χ4v) is 3.33. The second kappa shape index (κ2) is 6.48. The molecule has 1 atom stereocenters. The van der Waals surface area contributed by atoms with Crippen LogP contribution >= 0.6 is 0 Å². The van der Waals surface area contributed by atoms with Gasteiger partial charge in [-0.25, -0.2) is 0 Å². The number of fused-ring (bicyclic) bond motifs is 1. The fraction of sp³-hybridized carbons (Fsp3) is 0.300. The molecule has 0 aliphatic carbocycles. The average molecular weight is 322 g/mol. The Kier molecular flexibility index (Phi) is 4.38. The molecular formula is C20H22N2O2. The van der Waals surface area contributed by atoms with Gasteiger partial charge in [-0.2, -0.15) is 0 Å². The largest absolute Gasteiger partial charge is 0.317 e. The molecule has 1 aliphatic heterocycles. The van der Waals surface area contributed by atoms with Gasteiger partial charge >= 0.3 is 11.8 Å². The molecule has 124 valence electrons. The highest BCUT2D eigenvalue weighted by atomic mass is 16.2. The Balaban J connectivity index is 1.90. The molecule has 1 heterocycles. The van der Waals surface area contributed by atoms with Crippen LogP contribution in [0, 0.1) is 6.92 Å². The van der Waals surface area contributed by atoms with Gasteiger partial charge in [0.25, 0.3) is 0 Å². The minimum Gasteiger partial charge on any atom is -0.304 e. The Morgan fingerprint density at radius 2 is 1.92 bits per heavy atom. The maximum absolute atomic E-state index is 12.9. The van der Waals surface area contributed by atoms with Crippen molar-refractivity contribution in [1.82, 2.24) is 0 Å². The first-order valence-electron chi connectivity index (χ1n) is 8.32. The van der Waals surface area contributed by atoms with E-state index in [1.807, 2.05) is 69.3 Å². The molecule has 2 aromatic carbocycles. The Morgan fingerprint density at radius 3 is 2.62 bits per heavy atom. The molecule has 0 radical (unpaired) electrons. The molecule has 3 rings (SSSR count). The molecule has 1 aliphatic rings. The van der Waals surface area contributed by atoms with E-state index >= 15 is 0 Å². The van der Waals surface area contributed by atoms with Crippen LogP contribution in [0.4, 0.5) is 11.4 Å². The molecule has 2 amide bonds. The summed E-state index contributed by atoms with van der Waals surface area (Å²) in [4.78, 5) is 29.0. The summed E-state index contributed by atoms with van der Waals surface area (Å²) >= 11 is 0. The highest BCUT2D eigenvalue weighted by Gasteiger charge is 2.36. The van der Waals surface area contributed by atoms with Gasteiger partial charge in [-0.05, 0) is 56.5 Å². The topological polar surface area (TPSA) is 40.6 Å². The minimum atomic E-state index is -0.480. The molecule has 1 unspecified atom stereocenters. The monoisotopic (exact) mass is 322 g/mol. The molecule has 0 fully saturated rings. The number of hydrogen-bond acceptors (Lipinski definition) is 2. The predicted octanol–water partition coefficient (Wildman–Crippen LogP) is 3.33. The Bertz CT molecular complexity index is 785. The number of amides is 2. The minimum absolute atomic E-state index is 0.00457. The summed E-state index contributed by atoms with van der Waals surface area (Å²) in [6, 6.07) is 15.5. The highest BCUT2D eigenvalue weighted by molar-refractivity contribution is 6.45. The normalized spacial score (nSPS) is 16.0. The number of aryl methyl sites for hydroxylation is 1. The summed E-state index contributed by atoms with van der Waals surface area (Å²) < 4.78 is 0. The van der Waals surface area contributed by atoms with Crippen molar-refractivity contribution >= 4 is 23.2 Å². The molecule has 0 saturated carbocycles. The zero-order valence-electron chi connectivity index (χ0n) is 14.3. The first-order chi connectivity index (χ1) is 11.5. The van der Waals surface area contributed by atoms with E-state index in [9.17, 15) is 9.59 Å². The van der Waals surface area contributed by atoms with Crippen molar-refractivity contribution in [3.8, 4) is 0 Å². The molecule has 0 aromatic heterocycles. The summed E-state index contributed by atoms with van der Waals surface area (Å²) in [5, 5.41) is 0. The fourth-order valence-electron chi connectivity index (χ4n) is 3.33. The van der Waals surface area contributed by atoms with Crippen LogP contribution in [0.3, 0.4) is 0 Å².